The summed E-state index contributed by atoms with van der Waals surface area (Å²) in [5, 5.41) is 0. The number of carbonyl (C=O) groups excluding carboxylic acids is 1. The molecule has 1 aliphatic heterocycles. The van der Waals surface area contributed by atoms with Gasteiger partial charge in [-0.1, -0.05) is 64.0 Å². The summed E-state index contributed by atoms with van der Waals surface area (Å²) in [6, 6.07) is 8.36. The Labute approximate surface area is 334 Å². The Morgan fingerprint density at radius 2 is 1.35 bits per heavy atom. The van der Waals surface area contributed by atoms with Gasteiger partial charge < -0.3 is 4.90 Å². The van der Waals surface area contributed by atoms with E-state index in [0.717, 1.165) is 11.1 Å². The second-order valence-electron chi connectivity index (χ2n) is 14.8. The zero-order valence-electron chi connectivity index (χ0n) is 31.7. The number of nitrogens with zero attached hydrogens (tertiary/aromatic N) is 1. The van der Waals surface area contributed by atoms with E-state index in [-0.39, 0.29) is 47.9 Å². The average molecular weight is 872 g/mol. The normalized spacial score (nSPS) is 19.2. The molecular weight excluding hydrogens is 823 g/mol. The van der Waals surface area contributed by atoms with E-state index in [1.807, 2.05) is 31.7 Å². The maximum Gasteiger partial charge on any atom is 0.294 e. The van der Waals surface area contributed by atoms with Crippen LogP contribution in [0, 0.1) is 0 Å². The fraction of sp³-hybridized carbons (Fsp3) is 0.432. The van der Waals surface area contributed by atoms with Gasteiger partial charge in [-0.25, -0.2) is 5.84 Å². The van der Waals surface area contributed by atoms with E-state index in [1.165, 1.54) is 30.3 Å². The van der Waals surface area contributed by atoms with Crippen molar-refractivity contribution in [1.82, 2.24) is 5.43 Å². The highest BCUT2D eigenvalue weighted by molar-refractivity contribution is 7.86. The van der Waals surface area contributed by atoms with Gasteiger partial charge in [0, 0.05) is 35.2 Å². The smallest absolute Gasteiger partial charge is 0.294 e. The van der Waals surface area contributed by atoms with Crippen LogP contribution in [-0.2, 0) is 56.1 Å². The number of anilines is 1. The minimum Gasteiger partial charge on any atom is -0.344 e. The number of hydrogen-bond acceptors (Lipinski definition) is 11. The van der Waals surface area contributed by atoms with Crippen molar-refractivity contribution in [3.63, 3.8) is 0 Å². The third kappa shape index (κ3) is 11.5. The molecule has 314 valence electrons. The highest BCUT2D eigenvalue weighted by atomic mass is 32.2. The molecule has 16 nitrogen and oxygen atoms in total. The highest BCUT2D eigenvalue weighted by Crippen LogP contribution is 2.52. The average Bonchev–Trinajstić information content (AvgIpc) is 3.44. The van der Waals surface area contributed by atoms with Crippen LogP contribution in [0.3, 0.4) is 0 Å². The SMILES string of the molecule is CC1(CCCCCC(=O)NN)C(/C=C/C=C/C=C2/N(CCCS(=O)(=O)O)c3ccc(S(=O)(=O)O)cc3C2(C)C)=C(CCCS(=O)(=O)O)c2ccc(S(=O)(=O)O)cc21. The molecule has 1 atom stereocenters. The summed E-state index contributed by atoms with van der Waals surface area (Å²) in [6.45, 7) is 5.74. The molecule has 0 aromatic heterocycles. The van der Waals surface area contributed by atoms with E-state index < -0.39 is 62.8 Å². The zero-order chi connectivity index (χ0) is 42.6. The summed E-state index contributed by atoms with van der Waals surface area (Å²) in [4.78, 5) is 12.9. The van der Waals surface area contributed by atoms with Gasteiger partial charge in [-0.2, -0.15) is 33.7 Å². The van der Waals surface area contributed by atoms with Crippen LogP contribution in [0.25, 0.3) is 5.57 Å². The van der Waals surface area contributed by atoms with Crippen molar-refractivity contribution in [1.29, 1.82) is 0 Å². The predicted octanol–water partition coefficient (Wildman–Crippen LogP) is 4.89. The van der Waals surface area contributed by atoms with E-state index in [1.54, 1.807) is 30.4 Å². The van der Waals surface area contributed by atoms with Crippen molar-refractivity contribution in [3.05, 3.63) is 94.7 Å². The quantitative estimate of drug-likeness (QED) is 0.0274. The standard InChI is InChI=1S/C37H49N3O13S4/c1-36(2)32-25-27(57(51,52)53)17-19-33(32)40(21-11-23-55(45,46)47)34(36)14-7-4-6-13-30-28(12-10-22-54(42,43)44)29-18-16-26(56(48,49)50)24-31(29)37(30,3)20-9-5-8-15-35(41)39-38/h4,6-7,13-14,16-19,24-25H,5,8-12,15,20-23,38H2,1-3H3,(H,39,41)(H,42,43,44)(H,45,46,47)(H,48,49,50)(H,51,52,53)/b7-4+,13-6+,34-14+. The topological polar surface area (TPSA) is 276 Å². The summed E-state index contributed by atoms with van der Waals surface area (Å²) in [5.74, 6) is 3.87. The summed E-state index contributed by atoms with van der Waals surface area (Å²) >= 11 is 0. The van der Waals surface area contributed by atoms with Crippen molar-refractivity contribution in [3.8, 4) is 0 Å². The van der Waals surface area contributed by atoms with Crippen molar-refractivity contribution in [2.24, 2.45) is 5.84 Å². The number of unbranched alkanes of at least 4 members (excludes halogenated alkanes) is 2. The molecule has 2 aliphatic rings. The Balaban J connectivity index is 1.76. The fourth-order valence-corrected chi connectivity index (χ4v) is 9.63. The third-order valence-corrected chi connectivity index (χ3v) is 13.7. The third-order valence-electron chi connectivity index (χ3n) is 10.4. The molecule has 1 unspecified atom stereocenters. The van der Waals surface area contributed by atoms with Gasteiger partial charge in [-0.05, 0) is 96.3 Å². The molecule has 0 saturated carbocycles. The zero-order valence-corrected chi connectivity index (χ0v) is 35.0. The maximum atomic E-state index is 12.2. The first kappa shape index (κ1) is 46.0. The van der Waals surface area contributed by atoms with Crippen molar-refractivity contribution in [2.45, 2.75) is 92.8 Å². The number of hydrogen-bond donors (Lipinski definition) is 6. The van der Waals surface area contributed by atoms with Gasteiger partial charge in [0.2, 0.25) is 5.91 Å². The number of rotatable bonds is 19. The van der Waals surface area contributed by atoms with Crippen molar-refractivity contribution < 1.29 is 56.7 Å². The summed E-state index contributed by atoms with van der Waals surface area (Å²) in [5.41, 5.74) is 4.95. The number of fused-ring (bicyclic) bond motifs is 2. The molecule has 1 aliphatic carbocycles. The van der Waals surface area contributed by atoms with Gasteiger partial charge >= 0.3 is 0 Å². The molecular formula is C37H49N3O13S4. The number of nitrogens with one attached hydrogen (secondary N) is 1. The minimum atomic E-state index is -4.59. The maximum absolute atomic E-state index is 12.2. The van der Waals surface area contributed by atoms with Crippen molar-refractivity contribution >= 4 is 57.6 Å². The van der Waals surface area contributed by atoms with E-state index >= 15 is 0 Å². The molecule has 0 spiro atoms. The van der Waals surface area contributed by atoms with Gasteiger partial charge in [0.25, 0.3) is 40.5 Å². The van der Waals surface area contributed by atoms with Gasteiger partial charge in [0.1, 0.15) is 0 Å². The van der Waals surface area contributed by atoms with Crippen LogP contribution in [0.5, 0.6) is 0 Å². The van der Waals surface area contributed by atoms with Gasteiger partial charge in [-0.3, -0.25) is 28.4 Å². The largest absolute Gasteiger partial charge is 0.344 e. The minimum absolute atomic E-state index is 0.0442. The first-order valence-corrected chi connectivity index (χ1v) is 24.1. The Morgan fingerprint density at radius 1 is 0.754 bits per heavy atom. The van der Waals surface area contributed by atoms with Crippen LogP contribution >= 0.6 is 0 Å². The van der Waals surface area contributed by atoms with Crippen LogP contribution in [-0.4, -0.2) is 75.8 Å². The van der Waals surface area contributed by atoms with Gasteiger partial charge in [0.05, 0.1) is 21.3 Å². The Hall–Kier alpha value is -3.73. The molecule has 0 bridgehead atoms. The number of benzene rings is 2. The highest BCUT2D eigenvalue weighted by Gasteiger charge is 2.42. The fourth-order valence-electron chi connectivity index (χ4n) is 7.62. The van der Waals surface area contributed by atoms with Gasteiger partial charge in [0.15, 0.2) is 0 Å². The number of nitrogens with two attached hydrogens (primary N) is 1. The number of allylic oxidation sites excluding steroid dienone is 8. The lowest BCUT2D eigenvalue weighted by Gasteiger charge is -2.29. The summed E-state index contributed by atoms with van der Waals surface area (Å²) in [7, 11) is -17.7. The lowest BCUT2D eigenvalue weighted by atomic mass is 9.74. The molecule has 20 heteroatoms. The molecule has 0 radical (unpaired) electrons. The summed E-state index contributed by atoms with van der Waals surface area (Å²) < 4.78 is 133. The predicted molar refractivity (Wildman–Crippen MR) is 216 cm³/mol. The van der Waals surface area contributed by atoms with E-state index in [0.29, 0.717) is 53.8 Å². The monoisotopic (exact) mass is 871 g/mol. The van der Waals surface area contributed by atoms with Crippen LogP contribution in [0.15, 0.2) is 87.8 Å². The first-order valence-electron chi connectivity index (χ1n) is 18.0. The Kier molecular flexibility index (Phi) is 14.2. The molecule has 7 N–H and O–H groups in total. The summed E-state index contributed by atoms with van der Waals surface area (Å²) in [6.07, 6.45) is 11.5. The molecule has 2 aromatic carbocycles. The Bertz CT molecular complexity index is 2450. The van der Waals surface area contributed by atoms with E-state index in [9.17, 15) is 56.7 Å². The molecule has 1 amide bonds. The lowest BCUT2D eigenvalue weighted by Crippen LogP contribution is -2.29. The lowest BCUT2D eigenvalue weighted by molar-refractivity contribution is -0.121. The molecule has 0 fully saturated rings. The number of hydrazine groups is 1. The first-order chi connectivity index (χ1) is 26.3. The molecule has 0 saturated heterocycles. The molecule has 2 aromatic rings. The van der Waals surface area contributed by atoms with E-state index in [4.69, 9.17) is 5.84 Å². The Morgan fingerprint density at radius 3 is 1.95 bits per heavy atom. The molecule has 1 heterocycles. The van der Waals surface area contributed by atoms with Crippen LogP contribution in [0.1, 0.15) is 88.8 Å². The number of carbonyl (C=O) groups is 1. The van der Waals surface area contributed by atoms with Crippen LogP contribution < -0.4 is 16.2 Å². The van der Waals surface area contributed by atoms with Crippen molar-refractivity contribution in [2.75, 3.05) is 23.0 Å². The molecule has 57 heavy (non-hydrogen) atoms. The van der Waals surface area contributed by atoms with Crippen LogP contribution in [0.4, 0.5) is 5.69 Å². The molecule has 4 rings (SSSR count). The number of amides is 1. The van der Waals surface area contributed by atoms with Gasteiger partial charge in [-0.15, -0.1) is 0 Å². The second kappa shape index (κ2) is 17.6. The second-order valence-corrected chi connectivity index (χ2v) is 20.8. The van der Waals surface area contributed by atoms with E-state index in [2.05, 4.69) is 5.43 Å². The van der Waals surface area contributed by atoms with Crippen LogP contribution in [0.2, 0.25) is 0 Å².